The van der Waals surface area contributed by atoms with Crippen LogP contribution in [0.1, 0.15) is 18.9 Å². The lowest BCUT2D eigenvalue weighted by Gasteiger charge is -2.20. The Balaban J connectivity index is 2.45. The molecule has 0 heterocycles. The highest BCUT2D eigenvalue weighted by atomic mass is 19.3. The summed E-state index contributed by atoms with van der Waals surface area (Å²) in [6.45, 7) is 2.10. The Labute approximate surface area is 101 Å². The van der Waals surface area contributed by atoms with E-state index in [0.717, 1.165) is 6.42 Å². The number of rotatable bonds is 7. The van der Waals surface area contributed by atoms with Crippen LogP contribution in [-0.2, 0) is 10.7 Å². The summed E-state index contributed by atoms with van der Waals surface area (Å²) in [5, 5.41) is 2.83. The highest BCUT2D eigenvalue weighted by Gasteiger charge is 2.31. The highest BCUT2D eigenvalue weighted by Crippen LogP contribution is 2.26. The van der Waals surface area contributed by atoms with Gasteiger partial charge >= 0.3 is 0 Å². The molecule has 1 rings (SSSR count). The molecule has 0 radical (unpaired) electrons. The quantitative estimate of drug-likeness (QED) is 0.795. The van der Waals surface area contributed by atoms with E-state index in [4.69, 9.17) is 4.74 Å². The van der Waals surface area contributed by atoms with Gasteiger partial charge < -0.3 is 10.1 Å². The van der Waals surface area contributed by atoms with E-state index >= 15 is 0 Å². The van der Waals surface area contributed by atoms with Crippen LogP contribution in [0.5, 0.6) is 0 Å². The molecule has 0 saturated heterocycles. The lowest BCUT2D eigenvalue weighted by molar-refractivity contribution is -0.00606. The van der Waals surface area contributed by atoms with E-state index < -0.39 is 5.92 Å². The van der Waals surface area contributed by atoms with Crippen molar-refractivity contribution in [2.45, 2.75) is 25.3 Å². The van der Waals surface area contributed by atoms with E-state index in [1.165, 1.54) is 12.1 Å². The molecular weight excluding hydrogens is 224 g/mol. The molecular formula is C13H19F2NO. The third-order valence-corrected chi connectivity index (χ3v) is 2.62. The highest BCUT2D eigenvalue weighted by molar-refractivity contribution is 5.20. The molecule has 96 valence electrons. The van der Waals surface area contributed by atoms with Crippen molar-refractivity contribution in [1.29, 1.82) is 0 Å². The van der Waals surface area contributed by atoms with Gasteiger partial charge in [-0.2, -0.15) is 8.78 Å². The van der Waals surface area contributed by atoms with E-state index in [9.17, 15) is 8.78 Å². The van der Waals surface area contributed by atoms with Gasteiger partial charge in [-0.25, -0.2) is 0 Å². The van der Waals surface area contributed by atoms with Gasteiger partial charge in [0.1, 0.15) is 0 Å². The maximum absolute atomic E-state index is 13.7. The second kappa shape index (κ2) is 6.67. The van der Waals surface area contributed by atoms with Crippen molar-refractivity contribution in [2.24, 2.45) is 0 Å². The van der Waals surface area contributed by atoms with Gasteiger partial charge in [-0.15, -0.1) is 0 Å². The smallest absolute Gasteiger partial charge is 0.285 e. The van der Waals surface area contributed by atoms with Gasteiger partial charge in [0.05, 0.1) is 6.54 Å². The molecule has 1 atom stereocenters. The van der Waals surface area contributed by atoms with Gasteiger partial charge in [-0.1, -0.05) is 30.3 Å². The molecule has 4 heteroatoms. The molecule has 1 aromatic rings. The second-order valence-corrected chi connectivity index (χ2v) is 4.13. The van der Waals surface area contributed by atoms with Gasteiger partial charge in [-0.05, 0) is 13.3 Å². The molecule has 0 amide bonds. The molecule has 0 spiro atoms. The number of hydrogen-bond acceptors (Lipinski definition) is 2. The Morgan fingerprint density at radius 3 is 2.53 bits per heavy atom. The predicted octanol–water partition coefficient (Wildman–Crippen LogP) is 2.79. The fourth-order valence-electron chi connectivity index (χ4n) is 1.48. The van der Waals surface area contributed by atoms with E-state index in [1.54, 1.807) is 25.3 Å². The minimum atomic E-state index is -2.83. The first-order valence-electron chi connectivity index (χ1n) is 5.72. The van der Waals surface area contributed by atoms with Crippen molar-refractivity contribution in [3.8, 4) is 0 Å². The molecule has 0 aliphatic carbocycles. The van der Waals surface area contributed by atoms with Crippen LogP contribution in [0.25, 0.3) is 0 Å². The van der Waals surface area contributed by atoms with Crippen molar-refractivity contribution < 1.29 is 13.5 Å². The van der Waals surface area contributed by atoms with Crippen LogP contribution in [0.15, 0.2) is 30.3 Å². The largest absolute Gasteiger partial charge is 0.385 e. The monoisotopic (exact) mass is 243 g/mol. The number of halogens is 2. The van der Waals surface area contributed by atoms with Crippen LogP contribution in [0.3, 0.4) is 0 Å². The number of benzene rings is 1. The zero-order valence-corrected chi connectivity index (χ0v) is 10.2. The Kier molecular flexibility index (Phi) is 5.51. The van der Waals surface area contributed by atoms with Crippen molar-refractivity contribution in [3.63, 3.8) is 0 Å². The summed E-state index contributed by atoms with van der Waals surface area (Å²) in [6.07, 6.45) is 0.724. The normalized spacial score (nSPS) is 13.6. The van der Waals surface area contributed by atoms with Crippen LogP contribution < -0.4 is 5.32 Å². The minimum Gasteiger partial charge on any atom is -0.385 e. The zero-order chi connectivity index (χ0) is 12.7. The van der Waals surface area contributed by atoms with Crippen LogP contribution >= 0.6 is 0 Å². The topological polar surface area (TPSA) is 21.3 Å². The average Bonchev–Trinajstić information content (AvgIpc) is 2.35. The molecule has 2 nitrogen and oxygen atoms in total. The Bertz CT molecular complexity index is 316. The summed E-state index contributed by atoms with van der Waals surface area (Å²) < 4.78 is 32.4. The fourth-order valence-corrected chi connectivity index (χ4v) is 1.48. The maximum Gasteiger partial charge on any atom is 0.285 e. The van der Waals surface area contributed by atoms with Crippen LogP contribution in [0, 0.1) is 0 Å². The number of nitrogens with one attached hydrogen (secondary N) is 1. The lowest BCUT2D eigenvalue weighted by atomic mass is 10.1. The molecule has 0 aromatic heterocycles. The van der Waals surface area contributed by atoms with Gasteiger partial charge in [-0.3, -0.25) is 0 Å². The van der Waals surface area contributed by atoms with Gasteiger partial charge in [0.2, 0.25) is 0 Å². The van der Waals surface area contributed by atoms with Crippen molar-refractivity contribution >= 4 is 0 Å². The maximum atomic E-state index is 13.7. The summed E-state index contributed by atoms with van der Waals surface area (Å²) >= 11 is 0. The molecule has 0 bridgehead atoms. The summed E-state index contributed by atoms with van der Waals surface area (Å²) in [7, 11) is 1.60. The summed E-state index contributed by atoms with van der Waals surface area (Å²) in [6, 6.07) is 7.89. The van der Waals surface area contributed by atoms with E-state index in [2.05, 4.69) is 5.32 Å². The fraction of sp³-hybridized carbons (Fsp3) is 0.538. The predicted molar refractivity (Wildman–Crippen MR) is 64.3 cm³/mol. The molecule has 17 heavy (non-hydrogen) atoms. The SMILES string of the molecule is COCCC(C)NCC(F)(F)c1ccccc1. The standard InChI is InChI=1S/C13H19F2NO/c1-11(8-9-17-2)16-10-13(14,15)12-6-4-3-5-7-12/h3-7,11,16H,8-10H2,1-2H3. The van der Waals surface area contributed by atoms with Crippen LogP contribution in [0.4, 0.5) is 8.78 Å². The zero-order valence-electron chi connectivity index (χ0n) is 10.2. The molecule has 0 saturated carbocycles. The van der Waals surface area contributed by atoms with Gasteiger partial charge in [0.25, 0.3) is 5.92 Å². The first-order valence-corrected chi connectivity index (χ1v) is 5.72. The summed E-state index contributed by atoms with van der Waals surface area (Å²) in [5.41, 5.74) is 0.0476. The molecule has 0 fully saturated rings. The summed E-state index contributed by atoms with van der Waals surface area (Å²) in [4.78, 5) is 0. The van der Waals surface area contributed by atoms with Crippen molar-refractivity contribution in [2.75, 3.05) is 20.3 Å². The third kappa shape index (κ3) is 4.79. The van der Waals surface area contributed by atoms with Crippen LogP contribution in [0.2, 0.25) is 0 Å². The van der Waals surface area contributed by atoms with Gasteiger partial charge in [0, 0.05) is 25.3 Å². The lowest BCUT2D eigenvalue weighted by Crippen LogP contribution is -2.36. The minimum absolute atomic E-state index is 0.0181. The number of ether oxygens (including phenoxy) is 1. The first-order chi connectivity index (χ1) is 8.06. The summed E-state index contributed by atoms with van der Waals surface area (Å²) in [5.74, 6) is -2.83. The third-order valence-electron chi connectivity index (χ3n) is 2.62. The Morgan fingerprint density at radius 2 is 1.94 bits per heavy atom. The van der Waals surface area contributed by atoms with E-state index in [0.29, 0.717) is 6.61 Å². The van der Waals surface area contributed by atoms with Crippen molar-refractivity contribution in [1.82, 2.24) is 5.32 Å². The number of hydrogen-bond donors (Lipinski definition) is 1. The Hall–Kier alpha value is -1.00. The van der Waals surface area contributed by atoms with E-state index in [1.807, 2.05) is 6.92 Å². The Morgan fingerprint density at radius 1 is 1.29 bits per heavy atom. The van der Waals surface area contributed by atoms with Crippen molar-refractivity contribution in [3.05, 3.63) is 35.9 Å². The van der Waals surface area contributed by atoms with Crippen LogP contribution in [-0.4, -0.2) is 26.3 Å². The first kappa shape index (κ1) is 14.1. The molecule has 1 unspecified atom stereocenters. The van der Waals surface area contributed by atoms with Gasteiger partial charge in [0.15, 0.2) is 0 Å². The molecule has 0 aliphatic heterocycles. The second-order valence-electron chi connectivity index (χ2n) is 4.13. The van der Waals surface area contributed by atoms with E-state index in [-0.39, 0.29) is 18.2 Å². The molecule has 0 aliphatic rings. The number of alkyl halides is 2. The molecule has 1 N–H and O–H groups in total. The number of methoxy groups -OCH3 is 1. The molecule has 1 aromatic carbocycles. The average molecular weight is 243 g/mol.